The van der Waals surface area contributed by atoms with Gasteiger partial charge in [-0.15, -0.1) is 0 Å². The Morgan fingerprint density at radius 1 is 1.82 bits per heavy atom. The van der Waals surface area contributed by atoms with Gasteiger partial charge in [0, 0.05) is 19.1 Å². The fourth-order valence-electron chi connectivity index (χ4n) is 1.43. The predicted molar refractivity (Wildman–Crippen MR) is 43.1 cm³/mol. The summed E-state index contributed by atoms with van der Waals surface area (Å²) in [6.07, 6.45) is 0. The Labute approximate surface area is 66.7 Å². The molecular weight excluding hydrogens is 142 g/mol. The number of rotatable bonds is 1. The summed E-state index contributed by atoms with van der Waals surface area (Å²) in [4.78, 5) is 13.2. The molecule has 1 rings (SSSR count). The molecule has 0 aromatic heterocycles. The minimum absolute atomic E-state index is 0.0498. The first-order valence-corrected chi connectivity index (χ1v) is 3.86. The first-order chi connectivity index (χ1) is 5.15. The highest BCUT2D eigenvalue weighted by Crippen LogP contribution is 2.03. The van der Waals surface area contributed by atoms with Crippen molar-refractivity contribution in [3.63, 3.8) is 0 Å². The van der Waals surface area contributed by atoms with Crippen LogP contribution in [0.4, 0.5) is 0 Å². The lowest BCUT2D eigenvalue weighted by molar-refractivity contribution is -0.129. The maximum Gasteiger partial charge on any atom is 0.238 e. The van der Waals surface area contributed by atoms with E-state index in [1.54, 1.807) is 0 Å². The molecule has 0 aromatic rings. The van der Waals surface area contributed by atoms with Gasteiger partial charge in [-0.3, -0.25) is 9.69 Å². The maximum atomic E-state index is 11.2. The Bertz CT molecular complexity index is 160. The molecule has 4 heteroatoms. The van der Waals surface area contributed by atoms with Gasteiger partial charge in [-0.25, -0.2) is 0 Å². The zero-order valence-electron chi connectivity index (χ0n) is 7.00. The highest BCUT2D eigenvalue weighted by atomic mass is 16.2. The molecule has 0 aromatic carbocycles. The van der Waals surface area contributed by atoms with Crippen LogP contribution in [-0.4, -0.2) is 43.0 Å². The summed E-state index contributed by atoms with van der Waals surface area (Å²) >= 11 is 0. The number of nitrogens with zero attached hydrogens (tertiary/aromatic N) is 1. The van der Waals surface area contributed by atoms with Crippen molar-refractivity contribution in [2.45, 2.75) is 19.0 Å². The van der Waals surface area contributed by atoms with Gasteiger partial charge in [0.05, 0.1) is 0 Å². The summed E-state index contributed by atoms with van der Waals surface area (Å²) in [5.41, 5.74) is 5.43. The molecule has 0 bridgehead atoms. The third-order valence-electron chi connectivity index (χ3n) is 2.01. The lowest BCUT2D eigenvalue weighted by Crippen LogP contribution is -2.60. The van der Waals surface area contributed by atoms with Gasteiger partial charge in [0.15, 0.2) is 0 Å². The summed E-state index contributed by atoms with van der Waals surface area (Å²) in [6.45, 7) is 3.27. The Morgan fingerprint density at radius 3 is 2.91 bits per heavy atom. The summed E-state index contributed by atoms with van der Waals surface area (Å²) in [5.74, 6) is 0.0498. The van der Waals surface area contributed by atoms with Gasteiger partial charge in [0.25, 0.3) is 0 Å². The van der Waals surface area contributed by atoms with Crippen molar-refractivity contribution in [1.29, 1.82) is 0 Å². The number of carbonyl (C=O) groups excluding carboxylic acids is 1. The van der Waals surface area contributed by atoms with Crippen LogP contribution in [0, 0.1) is 0 Å². The van der Waals surface area contributed by atoms with Crippen LogP contribution in [0.2, 0.25) is 0 Å². The zero-order valence-corrected chi connectivity index (χ0v) is 7.00. The lowest BCUT2D eigenvalue weighted by atomic mass is 10.1. The van der Waals surface area contributed by atoms with E-state index in [1.807, 2.05) is 18.9 Å². The second-order valence-corrected chi connectivity index (χ2v) is 3.10. The number of likely N-dealkylation sites (N-methyl/N-ethyl adjacent to an activating group) is 1. The Hall–Kier alpha value is -0.610. The lowest BCUT2D eigenvalue weighted by Gasteiger charge is -2.34. The number of hydrogen-bond donors (Lipinski definition) is 2. The topological polar surface area (TPSA) is 58.4 Å². The molecule has 0 spiro atoms. The minimum Gasteiger partial charge on any atom is -0.351 e. The summed E-state index contributed by atoms with van der Waals surface area (Å²) in [6, 6.07) is 0.112. The predicted octanol–water partition coefficient (Wildman–Crippen LogP) is -1.24. The van der Waals surface area contributed by atoms with Crippen molar-refractivity contribution in [3.8, 4) is 0 Å². The van der Waals surface area contributed by atoms with Crippen LogP contribution in [0.3, 0.4) is 0 Å². The summed E-state index contributed by atoms with van der Waals surface area (Å²) in [7, 11) is 1.92. The monoisotopic (exact) mass is 157 g/mol. The number of amides is 1. The fraction of sp³-hybridized carbons (Fsp3) is 0.857. The largest absolute Gasteiger partial charge is 0.351 e. The van der Waals surface area contributed by atoms with Crippen LogP contribution in [-0.2, 0) is 4.79 Å². The van der Waals surface area contributed by atoms with Crippen LogP contribution in [0.1, 0.15) is 6.92 Å². The molecule has 4 nitrogen and oxygen atoms in total. The third kappa shape index (κ3) is 1.70. The molecule has 2 unspecified atom stereocenters. The van der Waals surface area contributed by atoms with Crippen LogP contribution in [0.5, 0.6) is 0 Å². The van der Waals surface area contributed by atoms with Crippen LogP contribution >= 0.6 is 0 Å². The van der Waals surface area contributed by atoms with E-state index in [0.29, 0.717) is 6.54 Å². The van der Waals surface area contributed by atoms with Crippen molar-refractivity contribution in [3.05, 3.63) is 0 Å². The molecule has 1 fully saturated rings. The Balaban J connectivity index is 2.59. The molecular formula is C7H15N3O. The molecule has 0 saturated carbocycles. The highest BCUT2D eigenvalue weighted by molar-refractivity contribution is 5.83. The molecule has 1 saturated heterocycles. The number of nitrogens with one attached hydrogen (secondary N) is 1. The molecule has 64 valence electrons. The van der Waals surface area contributed by atoms with Crippen molar-refractivity contribution < 1.29 is 4.79 Å². The SMILES string of the molecule is CC1CN(C)C(CN)C(=O)N1. The molecule has 3 N–H and O–H groups in total. The molecule has 2 atom stereocenters. The quantitative estimate of drug-likeness (QED) is 0.501. The van der Waals surface area contributed by atoms with Crippen molar-refractivity contribution in [2.24, 2.45) is 5.73 Å². The van der Waals surface area contributed by atoms with E-state index in [-0.39, 0.29) is 18.0 Å². The number of carbonyl (C=O) groups is 1. The van der Waals surface area contributed by atoms with E-state index in [0.717, 1.165) is 6.54 Å². The van der Waals surface area contributed by atoms with Crippen LogP contribution < -0.4 is 11.1 Å². The van der Waals surface area contributed by atoms with Gasteiger partial charge >= 0.3 is 0 Å². The standard InChI is InChI=1S/C7H15N3O/c1-5-4-10(2)6(3-8)7(11)9-5/h5-6H,3-4,8H2,1-2H3,(H,9,11). The minimum atomic E-state index is -0.133. The average molecular weight is 157 g/mol. The van der Waals surface area contributed by atoms with Gasteiger partial charge in [-0.1, -0.05) is 0 Å². The van der Waals surface area contributed by atoms with E-state index in [9.17, 15) is 4.79 Å². The molecule has 0 radical (unpaired) electrons. The second kappa shape index (κ2) is 3.19. The molecule has 1 heterocycles. The third-order valence-corrected chi connectivity index (χ3v) is 2.01. The molecule has 0 aliphatic carbocycles. The van der Waals surface area contributed by atoms with E-state index in [4.69, 9.17) is 5.73 Å². The van der Waals surface area contributed by atoms with Crippen molar-refractivity contribution >= 4 is 5.91 Å². The van der Waals surface area contributed by atoms with E-state index in [2.05, 4.69) is 5.32 Å². The fourth-order valence-corrected chi connectivity index (χ4v) is 1.43. The van der Waals surface area contributed by atoms with Gasteiger partial charge in [0.1, 0.15) is 6.04 Å². The van der Waals surface area contributed by atoms with E-state index in [1.165, 1.54) is 0 Å². The summed E-state index contributed by atoms with van der Waals surface area (Å²) in [5, 5.41) is 2.85. The summed E-state index contributed by atoms with van der Waals surface area (Å²) < 4.78 is 0. The first kappa shape index (κ1) is 8.49. The molecule has 1 aliphatic rings. The van der Waals surface area contributed by atoms with Gasteiger partial charge < -0.3 is 11.1 Å². The second-order valence-electron chi connectivity index (χ2n) is 3.10. The zero-order chi connectivity index (χ0) is 8.43. The highest BCUT2D eigenvalue weighted by Gasteiger charge is 2.28. The smallest absolute Gasteiger partial charge is 0.238 e. The molecule has 11 heavy (non-hydrogen) atoms. The van der Waals surface area contributed by atoms with Crippen molar-refractivity contribution in [1.82, 2.24) is 10.2 Å². The number of piperazine rings is 1. The van der Waals surface area contributed by atoms with Gasteiger partial charge in [-0.05, 0) is 14.0 Å². The van der Waals surface area contributed by atoms with E-state index >= 15 is 0 Å². The molecule has 1 amide bonds. The first-order valence-electron chi connectivity index (χ1n) is 3.86. The van der Waals surface area contributed by atoms with Crippen LogP contribution in [0.15, 0.2) is 0 Å². The Kier molecular flexibility index (Phi) is 2.46. The van der Waals surface area contributed by atoms with Crippen LogP contribution in [0.25, 0.3) is 0 Å². The van der Waals surface area contributed by atoms with Gasteiger partial charge in [-0.2, -0.15) is 0 Å². The average Bonchev–Trinajstić information content (AvgIpc) is 1.85. The van der Waals surface area contributed by atoms with Gasteiger partial charge in [0.2, 0.25) is 5.91 Å². The number of nitrogens with two attached hydrogens (primary N) is 1. The maximum absolute atomic E-state index is 11.2. The van der Waals surface area contributed by atoms with Crippen molar-refractivity contribution in [2.75, 3.05) is 20.1 Å². The normalized spacial score (nSPS) is 33.5. The van der Waals surface area contributed by atoms with E-state index < -0.39 is 0 Å². The number of hydrogen-bond acceptors (Lipinski definition) is 3. The molecule has 1 aliphatic heterocycles. The Morgan fingerprint density at radius 2 is 2.45 bits per heavy atom.